The lowest BCUT2D eigenvalue weighted by Crippen LogP contribution is -2.06. The highest BCUT2D eigenvalue weighted by atomic mass is 16.5. The van der Waals surface area contributed by atoms with Gasteiger partial charge in [0.15, 0.2) is 0 Å². The first-order valence-electron chi connectivity index (χ1n) is 17.5. The van der Waals surface area contributed by atoms with Gasteiger partial charge in [0.25, 0.3) is 0 Å². The Bertz CT molecular complexity index is 1200. The number of benzene rings is 3. The van der Waals surface area contributed by atoms with E-state index in [1.807, 2.05) is 72.8 Å². The van der Waals surface area contributed by atoms with E-state index in [0.29, 0.717) is 24.3 Å². The zero-order chi connectivity index (χ0) is 32.7. The molecule has 246 valence electrons. The number of carbonyl (C=O) groups is 2. The van der Waals surface area contributed by atoms with Crippen LogP contribution in [-0.2, 0) is 9.47 Å². The van der Waals surface area contributed by atoms with Gasteiger partial charge in [0.1, 0.15) is 0 Å². The quantitative estimate of drug-likeness (QED) is 0.0566. The van der Waals surface area contributed by atoms with Gasteiger partial charge in [-0.2, -0.15) is 0 Å². The van der Waals surface area contributed by atoms with E-state index in [1.165, 1.54) is 64.2 Å². The summed E-state index contributed by atoms with van der Waals surface area (Å²) in [7, 11) is 0. The molecule has 0 unspecified atom stereocenters. The second-order valence-corrected chi connectivity index (χ2v) is 12.1. The summed E-state index contributed by atoms with van der Waals surface area (Å²) in [6.07, 6.45) is 22.5. The molecule has 3 rings (SSSR count). The third-order valence-corrected chi connectivity index (χ3v) is 8.36. The van der Waals surface area contributed by atoms with E-state index in [9.17, 15) is 9.59 Å². The second kappa shape index (κ2) is 22.6. The van der Waals surface area contributed by atoms with Gasteiger partial charge in [0.05, 0.1) is 24.3 Å². The minimum absolute atomic E-state index is 0.276. The molecule has 0 radical (unpaired) electrons. The molecule has 3 aromatic carbocycles. The van der Waals surface area contributed by atoms with Crippen LogP contribution >= 0.6 is 0 Å². The van der Waals surface area contributed by atoms with Gasteiger partial charge in [0.2, 0.25) is 0 Å². The van der Waals surface area contributed by atoms with Crippen molar-refractivity contribution in [1.29, 1.82) is 0 Å². The van der Waals surface area contributed by atoms with Crippen molar-refractivity contribution in [3.05, 3.63) is 109 Å². The third-order valence-electron chi connectivity index (χ3n) is 8.36. The molecule has 0 aliphatic heterocycles. The molecular formula is C42H54O4. The lowest BCUT2D eigenvalue weighted by molar-refractivity contribution is 0.0488. The van der Waals surface area contributed by atoms with Gasteiger partial charge >= 0.3 is 11.9 Å². The van der Waals surface area contributed by atoms with E-state index in [0.717, 1.165) is 60.8 Å². The van der Waals surface area contributed by atoms with Gasteiger partial charge in [-0.1, -0.05) is 125 Å². The Hall–Kier alpha value is -3.92. The monoisotopic (exact) mass is 622 g/mol. The van der Waals surface area contributed by atoms with Crippen molar-refractivity contribution in [2.75, 3.05) is 13.2 Å². The van der Waals surface area contributed by atoms with Crippen LogP contribution in [0, 0.1) is 0 Å². The Kier molecular flexibility index (Phi) is 17.9. The van der Waals surface area contributed by atoms with E-state index in [-0.39, 0.29) is 11.9 Å². The van der Waals surface area contributed by atoms with Crippen LogP contribution in [0.2, 0.25) is 0 Å². The topological polar surface area (TPSA) is 52.6 Å². The van der Waals surface area contributed by atoms with Gasteiger partial charge in [-0.15, -0.1) is 13.2 Å². The van der Waals surface area contributed by atoms with Crippen LogP contribution in [0.25, 0.3) is 22.3 Å². The van der Waals surface area contributed by atoms with Gasteiger partial charge in [-0.3, -0.25) is 0 Å². The molecule has 0 saturated heterocycles. The van der Waals surface area contributed by atoms with E-state index < -0.39 is 0 Å². The number of esters is 2. The molecule has 4 heteroatoms. The number of ether oxygens (including phenoxy) is 2. The molecule has 46 heavy (non-hydrogen) atoms. The lowest BCUT2D eigenvalue weighted by Gasteiger charge is -2.12. The maximum Gasteiger partial charge on any atom is 0.338 e. The summed E-state index contributed by atoms with van der Waals surface area (Å²) in [5, 5.41) is 0. The molecule has 3 aromatic rings. The van der Waals surface area contributed by atoms with Crippen molar-refractivity contribution in [1.82, 2.24) is 0 Å². The molecule has 0 aromatic heterocycles. The molecule has 0 aliphatic carbocycles. The van der Waals surface area contributed by atoms with E-state index in [4.69, 9.17) is 9.47 Å². The first kappa shape index (κ1) is 36.5. The van der Waals surface area contributed by atoms with Gasteiger partial charge < -0.3 is 9.47 Å². The fourth-order valence-corrected chi connectivity index (χ4v) is 5.60. The SMILES string of the molecule is C=CCCCCCCCCCOC(=O)c1ccc(-c2ccccc2-c2ccc(C(=O)OCCCCCCCCCC=C)cc2)cc1. The fraction of sp³-hybridized carbons (Fsp3) is 0.429. The largest absolute Gasteiger partial charge is 0.462 e. The van der Waals surface area contributed by atoms with Crippen molar-refractivity contribution in [2.45, 2.75) is 103 Å². The van der Waals surface area contributed by atoms with Gasteiger partial charge in [0, 0.05) is 0 Å². The number of carbonyl (C=O) groups excluding carboxylic acids is 2. The molecule has 0 N–H and O–H groups in total. The minimum atomic E-state index is -0.276. The highest BCUT2D eigenvalue weighted by Crippen LogP contribution is 2.32. The van der Waals surface area contributed by atoms with Crippen LogP contribution < -0.4 is 0 Å². The van der Waals surface area contributed by atoms with Crippen molar-refractivity contribution in [2.24, 2.45) is 0 Å². The summed E-state index contributed by atoms with van der Waals surface area (Å²) in [5.74, 6) is -0.553. The molecule has 0 bridgehead atoms. The minimum Gasteiger partial charge on any atom is -0.462 e. The third kappa shape index (κ3) is 13.6. The van der Waals surface area contributed by atoms with Gasteiger partial charge in [-0.25, -0.2) is 9.59 Å². The summed E-state index contributed by atoms with van der Waals surface area (Å²) in [6, 6.07) is 23.4. The van der Waals surface area contributed by atoms with Crippen molar-refractivity contribution >= 4 is 11.9 Å². The first-order valence-corrected chi connectivity index (χ1v) is 17.5. The Morgan fingerprint density at radius 2 is 0.783 bits per heavy atom. The molecule has 0 spiro atoms. The zero-order valence-corrected chi connectivity index (χ0v) is 27.9. The van der Waals surface area contributed by atoms with Crippen LogP contribution in [-0.4, -0.2) is 25.2 Å². The van der Waals surface area contributed by atoms with Crippen LogP contribution in [0.3, 0.4) is 0 Å². The van der Waals surface area contributed by atoms with E-state index in [2.05, 4.69) is 25.3 Å². The second-order valence-electron chi connectivity index (χ2n) is 12.1. The molecule has 4 nitrogen and oxygen atoms in total. The molecule has 0 amide bonds. The van der Waals surface area contributed by atoms with Crippen LogP contribution in [0.5, 0.6) is 0 Å². The number of rotatable bonds is 24. The summed E-state index contributed by atoms with van der Waals surface area (Å²) in [4.78, 5) is 25.2. The van der Waals surface area contributed by atoms with Crippen molar-refractivity contribution in [3.63, 3.8) is 0 Å². The smallest absolute Gasteiger partial charge is 0.338 e. The average Bonchev–Trinajstić information content (AvgIpc) is 3.10. The summed E-state index contributed by atoms with van der Waals surface area (Å²) in [5.41, 5.74) is 5.27. The highest BCUT2D eigenvalue weighted by Gasteiger charge is 2.12. The van der Waals surface area contributed by atoms with E-state index in [1.54, 1.807) is 0 Å². The van der Waals surface area contributed by atoms with E-state index >= 15 is 0 Å². The summed E-state index contributed by atoms with van der Waals surface area (Å²) in [6.45, 7) is 8.45. The Morgan fingerprint density at radius 1 is 0.457 bits per heavy atom. The molecule has 0 fully saturated rings. The predicted molar refractivity (Wildman–Crippen MR) is 192 cm³/mol. The molecule has 0 heterocycles. The van der Waals surface area contributed by atoms with Crippen LogP contribution in [0.4, 0.5) is 0 Å². The van der Waals surface area contributed by atoms with Crippen LogP contribution in [0.15, 0.2) is 98.1 Å². The Balaban J connectivity index is 1.43. The molecule has 0 saturated carbocycles. The van der Waals surface area contributed by atoms with Gasteiger partial charge in [-0.05, 0) is 85.0 Å². The molecular weight excluding hydrogens is 568 g/mol. The number of hydrogen-bond acceptors (Lipinski definition) is 4. The number of hydrogen-bond donors (Lipinski definition) is 0. The average molecular weight is 623 g/mol. The van der Waals surface area contributed by atoms with Crippen molar-refractivity contribution < 1.29 is 19.1 Å². The summed E-state index contributed by atoms with van der Waals surface area (Å²) >= 11 is 0. The maximum atomic E-state index is 12.6. The highest BCUT2D eigenvalue weighted by molar-refractivity contribution is 5.92. The van der Waals surface area contributed by atoms with Crippen molar-refractivity contribution in [3.8, 4) is 22.3 Å². The predicted octanol–water partition coefficient (Wildman–Crippen LogP) is 11.9. The standard InChI is InChI=1S/C42H54O4/c1-3-5-7-9-11-13-15-17-21-33-45-41(43)37-29-25-35(26-30-37)39-23-19-20-24-40(39)36-27-31-38(32-28-36)42(44)46-34-22-18-16-14-12-10-8-6-4-2/h3-4,19-20,23-32H,1-2,5-18,21-22,33-34H2. The Morgan fingerprint density at radius 3 is 1.13 bits per heavy atom. The first-order chi connectivity index (χ1) is 22.6. The maximum absolute atomic E-state index is 12.6. The summed E-state index contributed by atoms with van der Waals surface area (Å²) < 4.78 is 11.1. The fourth-order valence-electron chi connectivity index (χ4n) is 5.60. The number of allylic oxidation sites excluding steroid dienone is 2. The lowest BCUT2D eigenvalue weighted by atomic mass is 9.93. The van der Waals surface area contributed by atoms with Crippen LogP contribution in [0.1, 0.15) is 123 Å². The Labute approximate surface area is 277 Å². The number of unbranched alkanes of at least 4 members (excludes halogenated alkanes) is 14. The zero-order valence-electron chi connectivity index (χ0n) is 27.9. The normalized spacial score (nSPS) is 10.8. The molecule has 0 atom stereocenters. The molecule has 0 aliphatic rings.